The third-order valence-electron chi connectivity index (χ3n) is 2.82. The van der Waals surface area contributed by atoms with Crippen LogP contribution in [0.15, 0.2) is 22.6 Å². The van der Waals surface area contributed by atoms with E-state index >= 15 is 0 Å². The lowest BCUT2D eigenvalue weighted by Gasteiger charge is -2.08. The van der Waals surface area contributed by atoms with Crippen molar-refractivity contribution in [3.8, 4) is 0 Å². The first kappa shape index (κ1) is 15.2. The van der Waals surface area contributed by atoms with Crippen LogP contribution in [0.5, 0.6) is 0 Å². The second-order valence-electron chi connectivity index (χ2n) is 4.73. The number of amides is 2. The molecule has 0 saturated heterocycles. The van der Waals surface area contributed by atoms with Crippen LogP contribution in [0.3, 0.4) is 0 Å². The van der Waals surface area contributed by atoms with E-state index in [2.05, 4.69) is 15.6 Å². The molecule has 2 N–H and O–H groups in total. The summed E-state index contributed by atoms with van der Waals surface area (Å²) in [5, 5.41) is 6.99. The molecule has 2 aromatic heterocycles. The Bertz CT molecular complexity index is 720. The fourth-order valence-electron chi connectivity index (χ4n) is 1.64. The molecule has 2 amide bonds. The van der Waals surface area contributed by atoms with Crippen molar-refractivity contribution in [1.29, 1.82) is 0 Å². The minimum Gasteiger partial charge on any atom is -0.354 e. The Morgan fingerprint density at radius 1 is 1.33 bits per heavy atom. The lowest BCUT2D eigenvalue weighted by molar-refractivity contribution is -0.123. The molecular formula is C13H16N4O3S. The Labute approximate surface area is 125 Å². The van der Waals surface area contributed by atoms with Crippen LogP contribution in [0.25, 0.3) is 4.96 Å². The second-order valence-corrected chi connectivity index (χ2v) is 5.61. The number of hydrogen-bond donors (Lipinski definition) is 2. The van der Waals surface area contributed by atoms with Gasteiger partial charge in [-0.05, 0) is 0 Å². The number of fused-ring (bicyclic) bond motifs is 1. The van der Waals surface area contributed by atoms with Gasteiger partial charge in [0.05, 0.1) is 0 Å². The van der Waals surface area contributed by atoms with Gasteiger partial charge in [0.2, 0.25) is 5.91 Å². The van der Waals surface area contributed by atoms with E-state index in [1.165, 1.54) is 21.9 Å². The lowest BCUT2D eigenvalue weighted by Crippen LogP contribution is -2.38. The van der Waals surface area contributed by atoms with Gasteiger partial charge in [0.15, 0.2) is 4.96 Å². The van der Waals surface area contributed by atoms with E-state index in [0.29, 0.717) is 11.5 Å². The van der Waals surface area contributed by atoms with Crippen molar-refractivity contribution in [3.05, 3.63) is 33.7 Å². The van der Waals surface area contributed by atoms with Crippen molar-refractivity contribution < 1.29 is 9.59 Å². The Balaban J connectivity index is 1.95. The zero-order valence-electron chi connectivity index (χ0n) is 11.8. The predicted molar refractivity (Wildman–Crippen MR) is 79.5 cm³/mol. The van der Waals surface area contributed by atoms with Crippen molar-refractivity contribution in [1.82, 2.24) is 20.0 Å². The molecule has 2 heterocycles. The SMILES string of the molecule is CC(C)C(=O)NCCNC(=O)c1cnc2sccn2c1=O. The quantitative estimate of drug-likeness (QED) is 0.775. The number of rotatable bonds is 5. The lowest BCUT2D eigenvalue weighted by atomic mass is 10.2. The van der Waals surface area contributed by atoms with Crippen molar-refractivity contribution >= 4 is 28.1 Å². The van der Waals surface area contributed by atoms with Gasteiger partial charge in [-0.2, -0.15) is 0 Å². The Hall–Kier alpha value is -2.22. The topological polar surface area (TPSA) is 92.6 Å². The summed E-state index contributed by atoms with van der Waals surface area (Å²) < 4.78 is 1.33. The van der Waals surface area contributed by atoms with E-state index < -0.39 is 11.5 Å². The number of carbonyl (C=O) groups excluding carboxylic acids is 2. The van der Waals surface area contributed by atoms with Gasteiger partial charge in [-0.1, -0.05) is 13.8 Å². The van der Waals surface area contributed by atoms with E-state index in [1.807, 2.05) is 0 Å². The number of nitrogens with one attached hydrogen (secondary N) is 2. The molecule has 0 fully saturated rings. The predicted octanol–water partition coefficient (Wildman–Crippen LogP) is 0.258. The zero-order chi connectivity index (χ0) is 15.4. The van der Waals surface area contributed by atoms with Gasteiger partial charge in [-0.3, -0.25) is 18.8 Å². The molecule has 0 unspecified atom stereocenters. The van der Waals surface area contributed by atoms with Crippen LogP contribution >= 0.6 is 11.3 Å². The van der Waals surface area contributed by atoms with Gasteiger partial charge in [-0.15, -0.1) is 11.3 Å². The maximum atomic E-state index is 12.1. The summed E-state index contributed by atoms with van der Waals surface area (Å²) >= 11 is 1.32. The van der Waals surface area contributed by atoms with Gasteiger partial charge in [0.1, 0.15) is 5.56 Å². The van der Waals surface area contributed by atoms with E-state index in [4.69, 9.17) is 0 Å². The molecule has 112 valence electrons. The third kappa shape index (κ3) is 3.46. The van der Waals surface area contributed by atoms with Gasteiger partial charge in [-0.25, -0.2) is 4.98 Å². The molecule has 0 aliphatic carbocycles. The molecule has 0 aliphatic rings. The fraction of sp³-hybridized carbons (Fsp3) is 0.385. The van der Waals surface area contributed by atoms with Crippen LogP contribution in [-0.4, -0.2) is 34.3 Å². The van der Waals surface area contributed by atoms with E-state index in [-0.39, 0.29) is 23.9 Å². The summed E-state index contributed by atoms with van der Waals surface area (Å²) in [6.45, 7) is 4.15. The zero-order valence-corrected chi connectivity index (χ0v) is 12.6. The summed E-state index contributed by atoms with van der Waals surface area (Å²) in [7, 11) is 0. The summed E-state index contributed by atoms with van der Waals surface area (Å²) in [4.78, 5) is 39.9. The number of thiazole rings is 1. The van der Waals surface area contributed by atoms with Crippen molar-refractivity contribution in [2.75, 3.05) is 13.1 Å². The standard InChI is InChI=1S/C13H16N4O3S/c1-8(2)10(18)14-3-4-15-11(19)9-7-16-13-17(12(9)20)5-6-21-13/h5-8H,3-4H2,1-2H3,(H,14,18)(H,15,19). The Kier molecular flexibility index (Phi) is 4.69. The molecule has 0 spiro atoms. The molecule has 2 rings (SSSR count). The number of carbonyl (C=O) groups is 2. The fourth-order valence-corrected chi connectivity index (χ4v) is 2.32. The van der Waals surface area contributed by atoms with Gasteiger partial charge < -0.3 is 10.6 Å². The summed E-state index contributed by atoms with van der Waals surface area (Å²) in [5.41, 5.74) is -0.411. The van der Waals surface area contributed by atoms with Crippen LogP contribution in [0.1, 0.15) is 24.2 Å². The molecule has 0 bridgehead atoms. The first-order chi connectivity index (χ1) is 10.0. The average molecular weight is 308 g/mol. The first-order valence-electron chi connectivity index (χ1n) is 6.51. The Morgan fingerprint density at radius 2 is 2.05 bits per heavy atom. The highest BCUT2D eigenvalue weighted by atomic mass is 32.1. The highest BCUT2D eigenvalue weighted by molar-refractivity contribution is 7.15. The summed E-state index contributed by atoms with van der Waals surface area (Å²) in [5.74, 6) is -0.673. The average Bonchev–Trinajstić information content (AvgIpc) is 2.92. The van der Waals surface area contributed by atoms with Crippen LogP contribution in [-0.2, 0) is 4.79 Å². The molecule has 7 nitrogen and oxygen atoms in total. The first-order valence-corrected chi connectivity index (χ1v) is 7.39. The summed E-state index contributed by atoms with van der Waals surface area (Å²) in [6.07, 6.45) is 2.85. The smallest absolute Gasteiger partial charge is 0.271 e. The van der Waals surface area contributed by atoms with E-state index in [9.17, 15) is 14.4 Å². The minimum atomic E-state index is -0.494. The molecule has 0 atom stereocenters. The van der Waals surface area contributed by atoms with Gasteiger partial charge in [0.25, 0.3) is 11.5 Å². The number of nitrogens with zero attached hydrogens (tertiary/aromatic N) is 2. The normalized spacial score (nSPS) is 10.8. The monoisotopic (exact) mass is 308 g/mol. The van der Waals surface area contributed by atoms with Crippen LogP contribution in [0.4, 0.5) is 0 Å². The second kappa shape index (κ2) is 6.49. The van der Waals surface area contributed by atoms with E-state index in [1.54, 1.807) is 25.4 Å². The highest BCUT2D eigenvalue weighted by Crippen LogP contribution is 2.05. The van der Waals surface area contributed by atoms with Crippen molar-refractivity contribution in [2.24, 2.45) is 5.92 Å². The van der Waals surface area contributed by atoms with Crippen molar-refractivity contribution in [3.63, 3.8) is 0 Å². The molecule has 8 heteroatoms. The largest absolute Gasteiger partial charge is 0.354 e. The summed E-state index contributed by atoms with van der Waals surface area (Å²) in [6, 6.07) is 0. The molecule has 0 aliphatic heterocycles. The molecule has 0 aromatic carbocycles. The number of aromatic nitrogens is 2. The molecule has 21 heavy (non-hydrogen) atoms. The van der Waals surface area contributed by atoms with Gasteiger partial charge >= 0.3 is 0 Å². The highest BCUT2D eigenvalue weighted by Gasteiger charge is 2.13. The maximum absolute atomic E-state index is 12.1. The molecule has 2 aromatic rings. The molecular weight excluding hydrogens is 292 g/mol. The maximum Gasteiger partial charge on any atom is 0.271 e. The number of hydrogen-bond acceptors (Lipinski definition) is 5. The van der Waals surface area contributed by atoms with Crippen LogP contribution in [0, 0.1) is 5.92 Å². The van der Waals surface area contributed by atoms with E-state index in [0.717, 1.165) is 0 Å². The Morgan fingerprint density at radius 3 is 2.76 bits per heavy atom. The molecule has 0 radical (unpaired) electrons. The van der Waals surface area contributed by atoms with Crippen molar-refractivity contribution in [2.45, 2.75) is 13.8 Å². The molecule has 0 saturated carbocycles. The third-order valence-corrected chi connectivity index (χ3v) is 3.59. The van der Waals surface area contributed by atoms with Gasteiger partial charge in [0, 0.05) is 36.8 Å². The minimum absolute atomic E-state index is 0.0129. The van der Waals surface area contributed by atoms with Crippen LogP contribution < -0.4 is 16.2 Å². The van der Waals surface area contributed by atoms with Crippen LogP contribution in [0.2, 0.25) is 0 Å².